The molecule has 16 heavy (non-hydrogen) atoms. The number of hydrogen-bond donors (Lipinski definition) is 1. The molecule has 0 saturated heterocycles. The summed E-state index contributed by atoms with van der Waals surface area (Å²) in [5.74, 6) is 0.681. The van der Waals surface area contributed by atoms with E-state index in [-0.39, 0.29) is 0 Å². The van der Waals surface area contributed by atoms with Gasteiger partial charge in [0.15, 0.2) is 0 Å². The molecule has 5 heteroatoms. The second-order valence-corrected chi connectivity index (χ2v) is 3.51. The SMILES string of the molecule is CCC(O)(CC)c1ncc(OC)nc1OC. The molecule has 5 nitrogen and oxygen atoms in total. The van der Waals surface area contributed by atoms with Crippen molar-refractivity contribution < 1.29 is 14.6 Å². The van der Waals surface area contributed by atoms with Crippen LogP contribution in [0.1, 0.15) is 32.4 Å². The number of methoxy groups -OCH3 is 2. The van der Waals surface area contributed by atoms with Crippen molar-refractivity contribution in [3.63, 3.8) is 0 Å². The van der Waals surface area contributed by atoms with Crippen LogP contribution in [0.15, 0.2) is 6.20 Å². The summed E-state index contributed by atoms with van der Waals surface area (Å²) in [5.41, 5.74) is -0.536. The number of aliphatic hydroxyl groups is 1. The predicted molar refractivity (Wildman–Crippen MR) is 59.6 cm³/mol. The zero-order valence-electron chi connectivity index (χ0n) is 10.1. The first kappa shape index (κ1) is 12.7. The molecule has 1 aromatic heterocycles. The van der Waals surface area contributed by atoms with Crippen LogP contribution in [0.3, 0.4) is 0 Å². The fourth-order valence-corrected chi connectivity index (χ4v) is 1.50. The van der Waals surface area contributed by atoms with Gasteiger partial charge in [0, 0.05) is 0 Å². The summed E-state index contributed by atoms with van der Waals surface area (Å²) in [4.78, 5) is 8.28. The second kappa shape index (κ2) is 5.12. The lowest BCUT2D eigenvalue weighted by atomic mass is 9.93. The van der Waals surface area contributed by atoms with Crippen LogP contribution in [0.2, 0.25) is 0 Å². The van der Waals surface area contributed by atoms with E-state index in [1.165, 1.54) is 20.4 Å². The molecule has 0 atom stereocenters. The van der Waals surface area contributed by atoms with Gasteiger partial charge in [-0.15, -0.1) is 0 Å². The highest BCUT2D eigenvalue weighted by atomic mass is 16.5. The van der Waals surface area contributed by atoms with Gasteiger partial charge in [0.2, 0.25) is 11.8 Å². The summed E-state index contributed by atoms with van der Waals surface area (Å²) < 4.78 is 10.1. The highest BCUT2D eigenvalue weighted by Crippen LogP contribution is 2.33. The van der Waals surface area contributed by atoms with Crippen molar-refractivity contribution in [1.82, 2.24) is 9.97 Å². The van der Waals surface area contributed by atoms with Gasteiger partial charge < -0.3 is 14.6 Å². The Morgan fingerprint density at radius 1 is 1.25 bits per heavy atom. The average Bonchev–Trinajstić information content (AvgIpc) is 2.37. The Balaban J connectivity index is 3.22. The summed E-state index contributed by atoms with van der Waals surface area (Å²) in [6, 6.07) is 0. The van der Waals surface area contributed by atoms with Gasteiger partial charge in [0.1, 0.15) is 11.3 Å². The largest absolute Gasteiger partial charge is 0.480 e. The minimum atomic E-state index is -0.995. The highest BCUT2D eigenvalue weighted by molar-refractivity contribution is 5.27. The molecule has 90 valence electrons. The van der Waals surface area contributed by atoms with Crippen LogP contribution < -0.4 is 9.47 Å². The van der Waals surface area contributed by atoms with Gasteiger partial charge in [-0.3, -0.25) is 0 Å². The zero-order chi connectivity index (χ0) is 12.2. The van der Waals surface area contributed by atoms with Crippen LogP contribution in [-0.4, -0.2) is 29.3 Å². The highest BCUT2D eigenvalue weighted by Gasteiger charge is 2.31. The van der Waals surface area contributed by atoms with Crippen molar-refractivity contribution in [3.05, 3.63) is 11.9 Å². The van der Waals surface area contributed by atoms with Gasteiger partial charge in [-0.1, -0.05) is 13.8 Å². The average molecular weight is 226 g/mol. The molecule has 0 aliphatic heterocycles. The Hall–Kier alpha value is -1.36. The van der Waals surface area contributed by atoms with Crippen LogP contribution in [0, 0.1) is 0 Å². The monoisotopic (exact) mass is 226 g/mol. The molecule has 0 aliphatic carbocycles. The fraction of sp³-hybridized carbons (Fsp3) is 0.636. The third-order valence-electron chi connectivity index (χ3n) is 2.73. The zero-order valence-corrected chi connectivity index (χ0v) is 10.1. The maximum absolute atomic E-state index is 10.4. The Labute approximate surface area is 95.4 Å². The summed E-state index contributed by atoms with van der Waals surface area (Å²) in [6.45, 7) is 3.80. The molecule has 0 amide bonds. The first-order chi connectivity index (χ1) is 7.61. The summed E-state index contributed by atoms with van der Waals surface area (Å²) >= 11 is 0. The minimum absolute atomic E-state index is 0.311. The summed E-state index contributed by atoms with van der Waals surface area (Å²) in [6.07, 6.45) is 2.59. The standard InChI is InChI=1S/C11H18N2O3/c1-5-11(14,6-2)9-10(16-4)13-8(15-3)7-12-9/h7,14H,5-6H2,1-4H3. The molecule has 0 aliphatic rings. The first-order valence-corrected chi connectivity index (χ1v) is 5.29. The van der Waals surface area contributed by atoms with Crippen molar-refractivity contribution in [2.45, 2.75) is 32.3 Å². The lowest BCUT2D eigenvalue weighted by molar-refractivity contribution is 0.0207. The van der Waals surface area contributed by atoms with E-state index in [2.05, 4.69) is 9.97 Å². The van der Waals surface area contributed by atoms with E-state index in [1.807, 2.05) is 13.8 Å². The molecule has 0 saturated carbocycles. The molecule has 0 bridgehead atoms. The van der Waals surface area contributed by atoms with E-state index in [1.54, 1.807) is 0 Å². The van der Waals surface area contributed by atoms with Crippen molar-refractivity contribution in [2.75, 3.05) is 14.2 Å². The summed E-state index contributed by atoms with van der Waals surface area (Å²) in [7, 11) is 3.01. The number of nitrogens with zero attached hydrogens (tertiary/aromatic N) is 2. The molecule has 0 aromatic carbocycles. The number of hydrogen-bond acceptors (Lipinski definition) is 5. The second-order valence-electron chi connectivity index (χ2n) is 3.51. The van der Waals surface area contributed by atoms with E-state index in [4.69, 9.17) is 9.47 Å². The summed E-state index contributed by atoms with van der Waals surface area (Å²) in [5, 5.41) is 10.4. The lowest BCUT2D eigenvalue weighted by Crippen LogP contribution is -2.26. The molecular formula is C11H18N2O3. The predicted octanol–water partition coefficient (Wildman–Crippen LogP) is 1.50. The molecule has 0 spiro atoms. The van der Waals surface area contributed by atoms with Crippen LogP contribution >= 0.6 is 0 Å². The molecule has 1 aromatic rings. The van der Waals surface area contributed by atoms with Gasteiger partial charge in [0.25, 0.3) is 0 Å². The molecular weight excluding hydrogens is 208 g/mol. The first-order valence-electron chi connectivity index (χ1n) is 5.29. The maximum Gasteiger partial charge on any atom is 0.241 e. The van der Waals surface area contributed by atoms with Crippen molar-refractivity contribution in [3.8, 4) is 11.8 Å². The quantitative estimate of drug-likeness (QED) is 0.824. The van der Waals surface area contributed by atoms with Crippen molar-refractivity contribution >= 4 is 0 Å². The molecule has 0 radical (unpaired) electrons. The van der Waals surface area contributed by atoms with Crippen LogP contribution in [-0.2, 0) is 5.60 Å². The maximum atomic E-state index is 10.4. The topological polar surface area (TPSA) is 64.5 Å². The molecule has 1 N–H and O–H groups in total. The van der Waals surface area contributed by atoms with Gasteiger partial charge in [-0.25, -0.2) is 4.98 Å². The van der Waals surface area contributed by atoms with Gasteiger partial charge in [0.05, 0.1) is 20.4 Å². The Morgan fingerprint density at radius 3 is 2.31 bits per heavy atom. The van der Waals surface area contributed by atoms with E-state index >= 15 is 0 Å². The van der Waals surface area contributed by atoms with Gasteiger partial charge in [-0.2, -0.15) is 4.98 Å². The van der Waals surface area contributed by atoms with Crippen LogP contribution in [0.4, 0.5) is 0 Å². The van der Waals surface area contributed by atoms with E-state index in [0.29, 0.717) is 30.3 Å². The van der Waals surface area contributed by atoms with Crippen molar-refractivity contribution in [1.29, 1.82) is 0 Å². The van der Waals surface area contributed by atoms with E-state index in [0.717, 1.165) is 0 Å². The Morgan fingerprint density at radius 2 is 1.88 bits per heavy atom. The lowest BCUT2D eigenvalue weighted by Gasteiger charge is -2.25. The molecule has 0 fully saturated rings. The van der Waals surface area contributed by atoms with Crippen LogP contribution in [0.5, 0.6) is 11.8 Å². The van der Waals surface area contributed by atoms with E-state index in [9.17, 15) is 5.11 Å². The van der Waals surface area contributed by atoms with Gasteiger partial charge in [-0.05, 0) is 12.8 Å². The Bertz CT molecular complexity index is 351. The third kappa shape index (κ3) is 2.24. The molecule has 0 unspecified atom stereocenters. The van der Waals surface area contributed by atoms with Crippen LogP contribution in [0.25, 0.3) is 0 Å². The van der Waals surface area contributed by atoms with Gasteiger partial charge >= 0.3 is 0 Å². The Kier molecular flexibility index (Phi) is 4.06. The number of rotatable bonds is 5. The number of aromatic nitrogens is 2. The van der Waals surface area contributed by atoms with E-state index < -0.39 is 5.60 Å². The molecule has 1 rings (SSSR count). The molecule has 1 heterocycles. The third-order valence-corrected chi connectivity index (χ3v) is 2.73. The number of ether oxygens (including phenoxy) is 2. The fourth-order valence-electron chi connectivity index (χ4n) is 1.50. The van der Waals surface area contributed by atoms with Crippen molar-refractivity contribution in [2.24, 2.45) is 0 Å². The normalized spacial score (nSPS) is 11.3. The minimum Gasteiger partial charge on any atom is -0.480 e. The smallest absolute Gasteiger partial charge is 0.241 e.